The molecule has 0 radical (unpaired) electrons. The number of amides is 2. The summed E-state index contributed by atoms with van der Waals surface area (Å²) in [5.41, 5.74) is 3.25. The predicted molar refractivity (Wildman–Crippen MR) is 142 cm³/mol. The molecule has 1 aromatic heterocycles. The highest BCUT2D eigenvalue weighted by atomic mass is 32.2. The summed E-state index contributed by atoms with van der Waals surface area (Å²) in [5, 5.41) is 3.57. The van der Waals surface area contributed by atoms with Crippen LogP contribution in [0.2, 0.25) is 0 Å². The van der Waals surface area contributed by atoms with E-state index in [2.05, 4.69) is 19.9 Å². The lowest BCUT2D eigenvalue weighted by Crippen LogP contribution is -2.30. The number of fused-ring (bicyclic) bond motifs is 2. The highest BCUT2D eigenvalue weighted by molar-refractivity contribution is 8.15. The second-order valence-corrected chi connectivity index (χ2v) is 10.1. The lowest BCUT2D eigenvalue weighted by atomic mass is 10.1. The van der Waals surface area contributed by atoms with Gasteiger partial charge < -0.3 is 0 Å². The van der Waals surface area contributed by atoms with Crippen LogP contribution in [0.25, 0.3) is 21.8 Å². The fourth-order valence-electron chi connectivity index (χ4n) is 4.01. The number of amidine groups is 2. The zero-order valence-electron chi connectivity index (χ0n) is 19.2. The predicted octanol–water partition coefficient (Wildman–Crippen LogP) is 5.33. The van der Waals surface area contributed by atoms with E-state index < -0.39 is 0 Å². The van der Waals surface area contributed by atoms with E-state index in [1.165, 1.54) is 23.5 Å². The summed E-state index contributed by atoms with van der Waals surface area (Å²) in [6.45, 7) is 5.49. The molecule has 0 N–H and O–H groups in total. The van der Waals surface area contributed by atoms with E-state index in [0.29, 0.717) is 24.6 Å². The molecule has 3 aromatic rings. The Labute approximate surface area is 206 Å². The Morgan fingerprint density at radius 3 is 1.68 bits per heavy atom. The third-order valence-electron chi connectivity index (χ3n) is 5.64. The van der Waals surface area contributed by atoms with Crippen molar-refractivity contribution in [2.75, 3.05) is 24.6 Å². The van der Waals surface area contributed by atoms with Gasteiger partial charge in [-0.1, -0.05) is 49.5 Å². The topological polar surface area (TPSA) is 78.2 Å². The molecular formula is C25H25N5O2S2. The molecule has 2 amide bonds. The first kappa shape index (κ1) is 22.9. The Kier molecular flexibility index (Phi) is 6.56. The fourth-order valence-corrected chi connectivity index (χ4v) is 5.86. The van der Waals surface area contributed by atoms with Crippen molar-refractivity contribution < 1.29 is 9.59 Å². The van der Waals surface area contributed by atoms with Crippen molar-refractivity contribution in [1.82, 2.24) is 14.8 Å². The van der Waals surface area contributed by atoms with Crippen LogP contribution in [0.15, 0.2) is 52.4 Å². The van der Waals surface area contributed by atoms with Crippen molar-refractivity contribution in [3.05, 3.63) is 42.5 Å². The molecule has 5 rings (SSSR count). The van der Waals surface area contributed by atoms with Gasteiger partial charge in [0.2, 0.25) is 11.8 Å². The van der Waals surface area contributed by atoms with Crippen LogP contribution < -0.4 is 0 Å². The molecule has 7 nitrogen and oxygen atoms in total. The minimum Gasteiger partial charge on any atom is -0.291 e. The number of hydrogen-bond acceptors (Lipinski definition) is 7. The van der Waals surface area contributed by atoms with Gasteiger partial charge in [0, 0.05) is 23.9 Å². The maximum absolute atomic E-state index is 12.1. The largest absolute Gasteiger partial charge is 0.291 e. The van der Waals surface area contributed by atoms with E-state index in [1.54, 1.807) is 9.80 Å². The SMILES string of the molecule is CCCN1C(=O)CSC1=Nc1ccc2cc3ccc(N=C4SCC(=O)N4CCC)cc3nc2c1. The Balaban J connectivity index is 1.48. The molecule has 2 aromatic carbocycles. The summed E-state index contributed by atoms with van der Waals surface area (Å²) >= 11 is 2.97. The van der Waals surface area contributed by atoms with E-state index in [9.17, 15) is 9.59 Å². The van der Waals surface area contributed by atoms with Gasteiger partial charge in [0.1, 0.15) is 0 Å². The van der Waals surface area contributed by atoms with E-state index in [1.807, 2.05) is 36.4 Å². The monoisotopic (exact) mass is 491 g/mol. The second-order valence-electron chi connectivity index (χ2n) is 8.20. The van der Waals surface area contributed by atoms with Gasteiger partial charge in [-0.3, -0.25) is 19.4 Å². The summed E-state index contributed by atoms with van der Waals surface area (Å²) in [6, 6.07) is 14.0. The van der Waals surface area contributed by atoms with E-state index in [-0.39, 0.29) is 11.8 Å². The molecule has 0 bridgehead atoms. The van der Waals surface area contributed by atoms with Crippen molar-refractivity contribution in [2.24, 2.45) is 9.98 Å². The first-order valence-corrected chi connectivity index (χ1v) is 13.4. The molecule has 2 aliphatic rings. The molecule has 174 valence electrons. The van der Waals surface area contributed by atoms with Crippen molar-refractivity contribution >= 4 is 78.9 Å². The number of aromatic nitrogens is 1. The number of rotatable bonds is 6. The van der Waals surface area contributed by atoms with Crippen molar-refractivity contribution in [3.8, 4) is 0 Å². The zero-order valence-corrected chi connectivity index (χ0v) is 20.8. The minimum absolute atomic E-state index is 0.115. The number of hydrogen-bond donors (Lipinski definition) is 0. The van der Waals surface area contributed by atoms with Crippen LogP contribution in [0, 0.1) is 0 Å². The molecule has 2 saturated heterocycles. The number of carbonyl (C=O) groups is 2. The summed E-state index contributed by atoms with van der Waals surface area (Å²) < 4.78 is 0. The summed E-state index contributed by atoms with van der Waals surface area (Å²) in [6.07, 6.45) is 1.79. The molecule has 2 aliphatic heterocycles. The molecular weight excluding hydrogens is 466 g/mol. The van der Waals surface area contributed by atoms with Crippen molar-refractivity contribution in [1.29, 1.82) is 0 Å². The molecule has 0 spiro atoms. The maximum atomic E-state index is 12.1. The van der Waals surface area contributed by atoms with Crippen LogP contribution in [0.4, 0.5) is 11.4 Å². The van der Waals surface area contributed by atoms with E-state index in [0.717, 1.165) is 56.4 Å². The number of nitrogens with zero attached hydrogens (tertiary/aromatic N) is 5. The minimum atomic E-state index is 0.115. The standard InChI is InChI=1S/C25H25N5O2S2/c1-3-9-29-22(31)14-33-24(29)26-18-7-5-16-11-17-6-8-19(13-21(17)28-20(16)12-18)27-25-30(10-4-2)23(32)15-34-25/h5-8,11-13H,3-4,9-10,14-15H2,1-2H3. The molecule has 0 unspecified atom stereocenters. The first-order valence-electron chi connectivity index (χ1n) is 11.4. The average molecular weight is 492 g/mol. The van der Waals surface area contributed by atoms with Gasteiger partial charge in [-0.25, -0.2) is 15.0 Å². The number of aliphatic imine (C=N–C) groups is 2. The van der Waals surface area contributed by atoms with Gasteiger partial charge in [0.15, 0.2) is 10.3 Å². The average Bonchev–Trinajstić information content (AvgIpc) is 3.35. The third-order valence-corrected chi connectivity index (χ3v) is 7.56. The van der Waals surface area contributed by atoms with Crippen LogP contribution in [0.3, 0.4) is 0 Å². The number of thioether (sulfide) groups is 2. The van der Waals surface area contributed by atoms with Gasteiger partial charge in [-0.2, -0.15) is 0 Å². The highest BCUT2D eigenvalue weighted by Crippen LogP contribution is 2.30. The summed E-state index contributed by atoms with van der Waals surface area (Å²) in [5.74, 6) is 1.12. The summed E-state index contributed by atoms with van der Waals surface area (Å²) in [7, 11) is 0. The molecule has 0 saturated carbocycles. The lowest BCUT2D eigenvalue weighted by Gasteiger charge is -2.14. The van der Waals surface area contributed by atoms with E-state index >= 15 is 0 Å². The Morgan fingerprint density at radius 1 is 0.765 bits per heavy atom. The second kappa shape index (κ2) is 9.76. The van der Waals surface area contributed by atoms with E-state index in [4.69, 9.17) is 15.0 Å². The quantitative estimate of drug-likeness (QED) is 0.435. The first-order chi connectivity index (χ1) is 16.6. The van der Waals surface area contributed by atoms with Crippen LogP contribution >= 0.6 is 23.5 Å². The summed E-state index contributed by atoms with van der Waals surface area (Å²) in [4.78, 5) is 42.2. The number of pyridine rings is 1. The number of benzene rings is 2. The number of carbonyl (C=O) groups excluding carboxylic acids is 2. The Morgan fingerprint density at radius 2 is 1.24 bits per heavy atom. The molecule has 3 heterocycles. The highest BCUT2D eigenvalue weighted by Gasteiger charge is 2.28. The smallest absolute Gasteiger partial charge is 0.239 e. The molecule has 34 heavy (non-hydrogen) atoms. The van der Waals surface area contributed by atoms with Gasteiger partial charge in [0.25, 0.3) is 0 Å². The Hall–Kier alpha value is -2.91. The van der Waals surface area contributed by atoms with Crippen molar-refractivity contribution in [2.45, 2.75) is 26.7 Å². The van der Waals surface area contributed by atoms with Crippen LogP contribution in [0.1, 0.15) is 26.7 Å². The van der Waals surface area contributed by atoms with Gasteiger partial charge in [0.05, 0.1) is 33.9 Å². The molecule has 0 aliphatic carbocycles. The maximum Gasteiger partial charge on any atom is 0.239 e. The molecule has 0 atom stereocenters. The van der Waals surface area contributed by atoms with Gasteiger partial charge in [-0.05, 0) is 43.2 Å². The van der Waals surface area contributed by atoms with Gasteiger partial charge >= 0.3 is 0 Å². The molecule has 2 fully saturated rings. The lowest BCUT2D eigenvalue weighted by molar-refractivity contribution is -0.124. The van der Waals surface area contributed by atoms with Crippen LogP contribution in [0.5, 0.6) is 0 Å². The van der Waals surface area contributed by atoms with Crippen molar-refractivity contribution in [3.63, 3.8) is 0 Å². The molecule has 9 heteroatoms. The third kappa shape index (κ3) is 4.54. The van der Waals surface area contributed by atoms with Gasteiger partial charge in [-0.15, -0.1) is 0 Å². The zero-order chi connectivity index (χ0) is 23.7. The fraction of sp³-hybridized carbons (Fsp3) is 0.320. The normalized spacial score (nSPS) is 19.0. The van der Waals surface area contributed by atoms with Crippen LogP contribution in [-0.2, 0) is 9.59 Å². The Bertz CT molecular complexity index is 1250. The van der Waals surface area contributed by atoms with Crippen LogP contribution in [-0.4, -0.2) is 61.5 Å².